The van der Waals surface area contributed by atoms with E-state index in [1.165, 1.54) is 38.1 Å². The molecule has 0 radical (unpaired) electrons. The van der Waals surface area contributed by atoms with Gasteiger partial charge in [0.05, 0.1) is 17.6 Å². The second-order valence-electron chi connectivity index (χ2n) is 7.92. The van der Waals surface area contributed by atoms with E-state index in [4.69, 9.17) is 5.41 Å². The van der Waals surface area contributed by atoms with Gasteiger partial charge in [-0.15, -0.1) is 10.2 Å². The van der Waals surface area contributed by atoms with Gasteiger partial charge >= 0.3 is 0 Å². The van der Waals surface area contributed by atoms with Gasteiger partial charge in [-0.3, -0.25) is 24.7 Å². The van der Waals surface area contributed by atoms with E-state index in [2.05, 4.69) is 20.5 Å². The number of hydrogen-bond acceptors (Lipinski definition) is 9. The average Bonchev–Trinajstić information content (AvgIpc) is 3.33. The Hall–Kier alpha value is -3.87. The highest BCUT2D eigenvalue weighted by Gasteiger charge is 2.19. The van der Waals surface area contributed by atoms with Crippen LogP contribution in [0.15, 0.2) is 63.9 Å². The second kappa shape index (κ2) is 10.0. The predicted molar refractivity (Wildman–Crippen MR) is 139 cm³/mol. The second-order valence-corrected chi connectivity index (χ2v) is 10.1. The number of carbonyl (C=O) groups is 1. The fourth-order valence-electron chi connectivity index (χ4n) is 3.79. The first kappa shape index (κ1) is 23.9. The van der Waals surface area contributed by atoms with Crippen LogP contribution in [-0.2, 0) is 12.3 Å². The summed E-state index contributed by atoms with van der Waals surface area (Å²) in [4.78, 5) is 31.0. The zero-order valence-electron chi connectivity index (χ0n) is 19.1. The number of hydrogen-bond donors (Lipinski definition) is 3. The number of amides is 1. The molecule has 0 saturated carbocycles. The van der Waals surface area contributed by atoms with Crippen molar-refractivity contribution < 1.29 is 9.90 Å². The lowest BCUT2D eigenvalue weighted by Gasteiger charge is -2.14. The molecule has 0 unspecified atom stereocenters. The molecule has 5 aromatic rings. The van der Waals surface area contributed by atoms with Gasteiger partial charge in [-0.25, -0.2) is 4.98 Å². The summed E-state index contributed by atoms with van der Waals surface area (Å²) in [5, 5.41) is 29.5. The van der Waals surface area contributed by atoms with E-state index in [-0.39, 0.29) is 45.9 Å². The number of nitrogens with zero attached hydrogens (tertiary/aromatic N) is 5. The van der Waals surface area contributed by atoms with Crippen molar-refractivity contribution in [3.8, 4) is 0 Å². The number of nitrogens with one attached hydrogen (secondary N) is 2. The highest BCUT2D eigenvalue weighted by atomic mass is 32.2. The maximum atomic E-state index is 13.3. The van der Waals surface area contributed by atoms with Crippen molar-refractivity contribution in [2.24, 2.45) is 0 Å². The molecule has 5 rings (SSSR count). The van der Waals surface area contributed by atoms with Crippen molar-refractivity contribution in [3.05, 3.63) is 87.3 Å². The summed E-state index contributed by atoms with van der Waals surface area (Å²) in [5.41, 5.74) is 2.06. The first-order chi connectivity index (χ1) is 17.5. The van der Waals surface area contributed by atoms with Gasteiger partial charge in [0.25, 0.3) is 11.5 Å². The van der Waals surface area contributed by atoms with Crippen molar-refractivity contribution in [1.29, 1.82) is 5.41 Å². The number of aryl methyl sites for hydroxylation is 1. The van der Waals surface area contributed by atoms with Gasteiger partial charge in [0.1, 0.15) is 16.8 Å². The van der Waals surface area contributed by atoms with E-state index in [1.54, 1.807) is 12.3 Å². The van der Waals surface area contributed by atoms with Crippen LogP contribution in [0.4, 0.5) is 5.13 Å². The standard InChI is InChI=1S/C24H21N7O3S2/c1-14-6-5-9-31-19(14)26-20-17(22(31)34)12-16(18(25)30(20)10-11-32)21(33)27-23-28-29-24(36-23)35-13-15-7-3-2-4-8-15/h2-9,12,25,32H,10-11,13H2,1H3,(H,27,28,33). The summed E-state index contributed by atoms with van der Waals surface area (Å²) in [7, 11) is 0. The van der Waals surface area contributed by atoms with Crippen LogP contribution in [0.1, 0.15) is 21.5 Å². The van der Waals surface area contributed by atoms with E-state index in [0.717, 1.165) is 16.9 Å². The number of carbonyl (C=O) groups excluding carboxylic acids is 1. The molecule has 0 aliphatic carbocycles. The first-order valence-electron chi connectivity index (χ1n) is 11.0. The van der Waals surface area contributed by atoms with Crippen LogP contribution in [0.2, 0.25) is 0 Å². The number of aromatic nitrogens is 5. The smallest absolute Gasteiger partial charge is 0.267 e. The fourth-order valence-corrected chi connectivity index (χ4v) is 5.49. The summed E-state index contributed by atoms with van der Waals surface area (Å²) in [5.74, 6) is 0.120. The molecule has 4 aromatic heterocycles. The molecule has 0 aliphatic rings. The molecule has 36 heavy (non-hydrogen) atoms. The molecule has 4 heterocycles. The molecule has 0 saturated heterocycles. The molecule has 0 spiro atoms. The molecule has 3 N–H and O–H groups in total. The first-order valence-corrected chi connectivity index (χ1v) is 12.8. The number of rotatable bonds is 7. The molecule has 1 amide bonds. The molecule has 0 fully saturated rings. The van der Waals surface area contributed by atoms with Crippen LogP contribution in [-0.4, -0.2) is 41.8 Å². The van der Waals surface area contributed by atoms with E-state index in [0.29, 0.717) is 9.99 Å². The zero-order chi connectivity index (χ0) is 25.2. The molecule has 0 aliphatic heterocycles. The van der Waals surface area contributed by atoms with Gasteiger partial charge in [-0.2, -0.15) is 0 Å². The molecule has 182 valence electrons. The largest absolute Gasteiger partial charge is 0.395 e. The number of anilines is 1. The molecule has 0 bridgehead atoms. The van der Waals surface area contributed by atoms with Crippen molar-refractivity contribution >= 4 is 50.8 Å². The summed E-state index contributed by atoms with van der Waals surface area (Å²) >= 11 is 2.74. The number of fused-ring (bicyclic) bond motifs is 2. The van der Waals surface area contributed by atoms with E-state index in [9.17, 15) is 14.7 Å². The minimum atomic E-state index is -0.599. The Morgan fingerprint density at radius 1 is 1.17 bits per heavy atom. The molecular weight excluding hydrogens is 498 g/mol. The third-order valence-corrected chi connectivity index (χ3v) is 7.58. The van der Waals surface area contributed by atoms with Crippen molar-refractivity contribution in [2.45, 2.75) is 23.6 Å². The molecule has 10 nitrogen and oxygen atoms in total. The zero-order valence-corrected chi connectivity index (χ0v) is 20.8. The average molecular weight is 520 g/mol. The van der Waals surface area contributed by atoms with Gasteiger partial charge in [0.2, 0.25) is 5.13 Å². The summed E-state index contributed by atoms with van der Waals surface area (Å²) in [6.45, 7) is 1.55. The Morgan fingerprint density at radius 2 is 1.97 bits per heavy atom. The number of aliphatic hydroxyl groups excluding tert-OH is 1. The molecule has 0 atom stereocenters. The van der Waals surface area contributed by atoms with Gasteiger partial charge in [-0.05, 0) is 30.2 Å². The third-order valence-electron chi connectivity index (χ3n) is 5.53. The lowest BCUT2D eigenvalue weighted by atomic mass is 10.2. The van der Waals surface area contributed by atoms with Gasteiger partial charge < -0.3 is 9.67 Å². The quantitative estimate of drug-likeness (QED) is 0.171. The topological polar surface area (TPSA) is 138 Å². The van der Waals surface area contributed by atoms with E-state index >= 15 is 0 Å². The van der Waals surface area contributed by atoms with Gasteiger partial charge in [0, 0.05) is 18.5 Å². The minimum Gasteiger partial charge on any atom is -0.395 e. The van der Waals surface area contributed by atoms with Gasteiger partial charge in [-0.1, -0.05) is 59.5 Å². The van der Waals surface area contributed by atoms with Crippen LogP contribution < -0.4 is 16.4 Å². The highest BCUT2D eigenvalue weighted by molar-refractivity contribution is 8.00. The number of benzene rings is 1. The minimum absolute atomic E-state index is 0.00400. The van der Waals surface area contributed by atoms with Crippen molar-refractivity contribution in [3.63, 3.8) is 0 Å². The van der Waals surface area contributed by atoms with Crippen LogP contribution in [0.5, 0.6) is 0 Å². The Labute approximate surface area is 212 Å². The number of aliphatic hydroxyl groups is 1. The normalized spacial score (nSPS) is 11.3. The maximum Gasteiger partial charge on any atom is 0.267 e. The molecule has 12 heteroatoms. The predicted octanol–water partition coefficient (Wildman–Crippen LogP) is 2.83. The summed E-state index contributed by atoms with van der Waals surface area (Å²) < 4.78 is 3.48. The molecule has 1 aromatic carbocycles. The van der Waals surface area contributed by atoms with Gasteiger partial charge in [0.15, 0.2) is 4.34 Å². The lowest BCUT2D eigenvalue weighted by Crippen LogP contribution is -2.33. The van der Waals surface area contributed by atoms with E-state index in [1.807, 2.05) is 43.3 Å². The van der Waals surface area contributed by atoms with Crippen LogP contribution in [0, 0.1) is 12.3 Å². The summed E-state index contributed by atoms with van der Waals surface area (Å²) in [6.07, 6.45) is 1.61. The Bertz CT molecular complexity index is 1710. The van der Waals surface area contributed by atoms with Crippen LogP contribution >= 0.6 is 23.1 Å². The number of pyridine rings is 2. The van der Waals surface area contributed by atoms with Crippen LogP contribution in [0.25, 0.3) is 16.7 Å². The van der Waals surface area contributed by atoms with Crippen LogP contribution in [0.3, 0.4) is 0 Å². The summed E-state index contributed by atoms with van der Waals surface area (Å²) in [6, 6.07) is 14.9. The van der Waals surface area contributed by atoms with E-state index < -0.39 is 5.91 Å². The maximum absolute atomic E-state index is 13.3. The fraction of sp³-hybridized carbons (Fsp3) is 0.167. The third kappa shape index (κ3) is 4.53. The Kier molecular flexibility index (Phi) is 6.63. The monoisotopic (exact) mass is 519 g/mol. The van der Waals surface area contributed by atoms with Crippen molar-refractivity contribution in [2.75, 3.05) is 11.9 Å². The SMILES string of the molecule is Cc1cccn2c(=O)c3cc(C(=O)Nc4nnc(SCc5ccccc5)s4)c(=N)n(CCO)c3nc12. The lowest BCUT2D eigenvalue weighted by molar-refractivity contribution is 0.102. The highest BCUT2D eigenvalue weighted by Crippen LogP contribution is 2.28. The Morgan fingerprint density at radius 3 is 2.75 bits per heavy atom. The Balaban J connectivity index is 1.49. The number of thioether (sulfide) groups is 1. The van der Waals surface area contributed by atoms with Crippen molar-refractivity contribution in [1.82, 2.24) is 24.1 Å². The molecular formula is C24H21N7O3S2.